The fourth-order valence-corrected chi connectivity index (χ4v) is 3.77. The summed E-state index contributed by atoms with van der Waals surface area (Å²) in [7, 11) is 1.65. The van der Waals surface area contributed by atoms with Crippen LogP contribution in [0.1, 0.15) is 27.3 Å². The van der Waals surface area contributed by atoms with E-state index in [2.05, 4.69) is 27.1 Å². The molecule has 158 valence electrons. The first-order valence-electron chi connectivity index (χ1n) is 10.3. The van der Waals surface area contributed by atoms with E-state index in [0.717, 1.165) is 34.9 Å². The molecule has 31 heavy (non-hydrogen) atoms. The molecule has 0 spiro atoms. The van der Waals surface area contributed by atoms with Gasteiger partial charge in [0.25, 0.3) is 5.91 Å². The monoisotopic (exact) mass is 414 g/mol. The minimum Gasteiger partial charge on any atom is -0.497 e. The van der Waals surface area contributed by atoms with Gasteiger partial charge in [-0.2, -0.15) is 5.10 Å². The molecule has 0 radical (unpaired) electrons. The van der Waals surface area contributed by atoms with Crippen LogP contribution in [0.2, 0.25) is 0 Å². The van der Waals surface area contributed by atoms with Crippen LogP contribution in [0.15, 0.2) is 73.1 Å². The Morgan fingerprint density at radius 3 is 2.39 bits per heavy atom. The van der Waals surface area contributed by atoms with Gasteiger partial charge in [-0.15, -0.1) is 0 Å². The molecule has 2 heterocycles. The second-order valence-corrected chi connectivity index (χ2v) is 7.44. The number of amides is 1. The number of aryl methyl sites for hydroxylation is 1. The first kappa shape index (κ1) is 20.5. The van der Waals surface area contributed by atoms with Crippen LogP contribution in [-0.2, 0) is 6.42 Å². The summed E-state index contributed by atoms with van der Waals surface area (Å²) in [6.07, 6.45) is 4.44. The molecule has 1 N–H and O–H groups in total. The van der Waals surface area contributed by atoms with Crippen molar-refractivity contribution >= 4 is 5.91 Å². The lowest BCUT2D eigenvalue weighted by Crippen LogP contribution is -2.26. The first-order chi connectivity index (χ1) is 15.1. The quantitative estimate of drug-likeness (QED) is 0.492. The Morgan fingerprint density at radius 2 is 1.74 bits per heavy atom. The third-order valence-corrected chi connectivity index (χ3v) is 5.41. The van der Waals surface area contributed by atoms with Gasteiger partial charge in [-0.3, -0.25) is 4.79 Å². The number of hydrogen-bond donors (Lipinski definition) is 1. The number of hydrogen-bond acceptors (Lipinski definition) is 3. The van der Waals surface area contributed by atoms with Crippen LogP contribution in [0, 0.1) is 13.8 Å². The van der Waals surface area contributed by atoms with E-state index in [4.69, 9.17) is 4.74 Å². The van der Waals surface area contributed by atoms with Crippen LogP contribution in [0.4, 0.5) is 0 Å². The Hall–Kier alpha value is -3.80. The SMILES string of the molecule is COc1ccc(-n2c(C)cc(C(=O)NCCc3ccc(-n4cccn4)cc3)c2C)cc1. The van der Waals surface area contributed by atoms with Crippen LogP contribution < -0.4 is 10.1 Å². The lowest BCUT2D eigenvalue weighted by molar-refractivity contribution is 0.0953. The van der Waals surface area contributed by atoms with Crippen molar-refractivity contribution in [3.63, 3.8) is 0 Å². The minimum absolute atomic E-state index is 0.0546. The highest BCUT2D eigenvalue weighted by atomic mass is 16.5. The van der Waals surface area contributed by atoms with Gasteiger partial charge in [0, 0.05) is 36.0 Å². The zero-order valence-electron chi connectivity index (χ0n) is 18.0. The molecule has 2 aromatic heterocycles. The minimum atomic E-state index is -0.0546. The third kappa shape index (κ3) is 4.38. The predicted molar refractivity (Wildman–Crippen MR) is 121 cm³/mol. The summed E-state index contributed by atoms with van der Waals surface area (Å²) < 4.78 is 9.15. The number of carbonyl (C=O) groups is 1. The Balaban J connectivity index is 1.39. The Kier molecular flexibility index (Phi) is 5.89. The number of aromatic nitrogens is 3. The van der Waals surface area contributed by atoms with Crippen molar-refractivity contribution in [3.05, 3.63) is 95.6 Å². The van der Waals surface area contributed by atoms with Gasteiger partial charge in [-0.1, -0.05) is 12.1 Å². The van der Waals surface area contributed by atoms with Crippen LogP contribution >= 0.6 is 0 Å². The second-order valence-electron chi connectivity index (χ2n) is 7.44. The summed E-state index contributed by atoms with van der Waals surface area (Å²) in [5.74, 6) is 0.753. The van der Waals surface area contributed by atoms with Crippen molar-refractivity contribution in [1.82, 2.24) is 19.7 Å². The van der Waals surface area contributed by atoms with E-state index < -0.39 is 0 Å². The smallest absolute Gasteiger partial charge is 0.253 e. The van der Waals surface area contributed by atoms with Crippen LogP contribution in [0.25, 0.3) is 11.4 Å². The molecule has 0 aliphatic rings. The fourth-order valence-electron chi connectivity index (χ4n) is 3.77. The first-order valence-corrected chi connectivity index (χ1v) is 10.3. The molecular formula is C25H26N4O2. The van der Waals surface area contributed by atoms with Gasteiger partial charge in [0.05, 0.1) is 18.4 Å². The summed E-state index contributed by atoms with van der Waals surface area (Å²) in [5.41, 5.74) is 5.82. The molecule has 0 aliphatic carbocycles. The molecular weight excluding hydrogens is 388 g/mol. The van der Waals surface area contributed by atoms with Gasteiger partial charge in [0.15, 0.2) is 0 Å². The lowest BCUT2D eigenvalue weighted by atomic mass is 10.1. The zero-order valence-corrected chi connectivity index (χ0v) is 18.0. The number of methoxy groups -OCH3 is 1. The summed E-state index contributed by atoms with van der Waals surface area (Å²) in [6.45, 7) is 4.56. The van der Waals surface area contributed by atoms with E-state index in [9.17, 15) is 4.79 Å². The molecule has 0 saturated carbocycles. The molecule has 0 atom stereocenters. The summed E-state index contributed by atoms with van der Waals surface area (Å²) in [6, 6.07) is 19.9. The normalized spacial score (nSPS) is 10.8. The third-order valence-electron chi connectivity index (χ3n) is 5.41. The van der Waals surface area contributed by atoms with Crippen molar-refractivity contribution in [2.45, 2.75) is 20.3 Å². The van der Waals surface area contributed by atoms with E-state index in [1.165, 1.54) is 5.56 Å². The van der Waals surface area contributed by atoms with Gasteiger partial charge >= 0.3 is 0 Å². The Labute approximate surface area is 182 Å². The molecule has 0 saturated heterocycles. The zero-order chi connectivity index (χ0) is 21.8. The molecule has 0 fully saturated rings. The molecule has 4 rings (SSSR count). The van der Waals surface area contributed by atoms with E-state index in [1.54, 1.807) is 13.3 Å². The molecule has 4 aromatic rings. The highest BCUT2D eigenvalue weighted by Crippen LogP contribution is 2.22. The van der Waals surface area contributed by atoms with Crippen molar-refractivity contribution in [3.8, 4) is 17.1 Å². The van der Waals surface area contributed by atoms with Crippen LogP contribution in [0.5, 0.6) is 5.75 Å². The molecule has 0 unspecified atom stereocenters. The maximum Gasteiger partial charge on any atom is 0.253 e. The van der Waals surface area contributed by atoms with Crippen LogP contribution in [0.3, 0.4) is 0 Å². The summed E-state index contributed by atoms with van der Waals surface area (Å²) in [5, 5.41) is 7.29. The van der Waals surface area contributed by atoms with Gasteiger partial charge in [-0.25, -0.2) is 4.68 Å². The van der Waals surface area contributed by atoms with Crippen molar-refractivity contribution < 1.29 is 9.53 Å². The fraction of sp³-hybridized carbons (Fsp3) is 0.200. The number of rotatable bonds is 7. The number of benzene rings is 2. The van der Waals surface area contributed by atoms with Crippen molar-refractivity contribution in [2.24, 2.45) is 0 Å². The number of nitrogens with one attached hydrogen (secondary N) is 1. The van der Waals surface area contributed by atoms with Crippen molar-refractivity contribution in [2.75, 3.05) is 13.7 Å². The summed E-state index contributed by atoms with van der Waals surface area (Å²) in [4.78, 5) is 12.8. The summed E-state index contributed by atoms with van der Waals surface area (Å²) >= 11 is 0. The van der Waals surface area contributed by atoms with Gasteiger partial charge in [0.1, 0.15) is 5.75 Å². The van der Waals surface area contributed by atoms with Crippen molar-refractivity contribution in [1.29, 1.82) is 0 Å². The lowest BCUT2D eigenvalue weighted by Gasteiger charge is -2.11. The Morgan fingerprint density at radius 1 is 1.03 bits per heavy atom. The van der Waals surface area contributed by atoms with E-state index in [-0.39, 0.29) is 5.91 Å². The molecule has 6 nitrogen and oxygen atoms in total. The van der Waals surface area contributed by atoms with Crippen LogP contribution in [-0.4, -0.2) is 33.9 Å². The van der Waals surface area contributed by atoms with Gasteiger partial charge in [0.2, 0.25) is 0 Å². The van der Waals surface area contributed by atoms with Gasteiger partial charge in [-0.05, 0) is 74.4 Å². The average molecular weight is 415 g/mol. The molecule has 2 aromatic carbocycles. The largest absolute Gasteiger partial charge is 0.497 e. The molecule has 1 amide bonds. The Bertz CT molecular complexity index is 1160. The second kappa shape index (κ2) is 8.92. The van der Waals surface area contributed by atoms with Gasteiger partial charge < -0.3 is 14.6 Å². The maximum absolute atomic E-state index is 12.8. The van der Waals surface area contributed by atoms with E-state index in [1.807, 2.05) is 73.3 Å². The maximum atomic E-state index is 12.8. The van der Waals surface area contributed by atoms with E-state index in [0.29, 0.717) is 12.1 Å². The molecule has 6 heteroatoms. The molecule has 0 aliphatic heterocycles. The highest BCUT2D eigenvalue weighted by molar-refractivity contribution is 5.95. The topological polar surface area (TPSA) is 61.1 Å². The number of ether oxygens (including phenoxy) is 1. The van der Waals surface area contributed by atoms with E-state index >= 15 is 0 Å². The number of nitrogens with zero attached hydrogens (tertiary/aromatic N) is 3. The average Bonchev–Trinajstić information content (AvgIpc) is 3.42. The predicted octanol–water partition coefficient (Wildman–Crippen LogP) is 4.26. The number of carbonyl (C=O) groups excluding carboxylic acids is 1. The standard InChI is InChI=1S/C25H26N4O2/c1-18-17-24(19(2)29(18)22-9-11-23(31-3)12-10-22)25(30)26-15-13-20-5-7-21(8-6-20)28-16-4-14-27-28/h4-12,14,16-17H,13,15H2,1-3H3,(H,26,30). The molecule has 0 bridgehead atoms. The highest BCUT2D eigenvalue weighted by Gasteiger charge is 2.16.